The SMILES string of the molecule is COc1ccc2ncc(Cl)c([C@H](F)CCC3(C(=O)O)CCN(CCOc4cc(F)cc(F)c4)CC3)c2c1. The van der Waals surface area contributed by atoms with E-state index in [0.717, 1.165) is 18.2 Å². The Bertz CT molecular complexity index is 1250. The van der Waals surface area contributed by atoms with Gasteiger partial charge in [0, 0.05) is 41.9 Å². The first-order chi connectivity index (χ1) is 17.7. The van der Waals surface area contributed by atoms with Crippen LogP contribution in [-0.4, -0.2) is 54.3 Å². The summed E-state index contributed by atoms with van der Waals surface area (Å²) in [5, 5.41) is 10.8. The number of pyridine rings is 1. The third-order valence-electron chi connectivity index (χ3n) is 7.04. The van der Waals surface area contributed by atoms with Gasteiger partial charge in [0.25, 0.3) is 0 Å². The van der Waals surface area contributed by atoms with Gasteiger partial charge in [-0.1, -0.05) is 11.6 Å². The number of hydrogen-bond acceptors (Lipinski definition) is 5. The van der Waals surface area contributed by atoms with Crippen molar-refractivity contribution < 1.29 is 32.5 Å². The Hall–Kier alpha value is -3.04. The lowest BCUT2D eigenvalue weighted by Gasteiger charge is -2.39. The average Bonchev–Trinajstić information content (AvgIpc) is 2.87. The van der Waals surface area contributed by atoms with Crippen molar-refractivity contribution in [2.45, 2.75) is 31.9 Å². The zero-order valence-corrected chi connectivity index (χ0v) is 21.1. The van der Waals surface area contributed by atoms with Crippen molar-refractivity contribution in [1.82, 2.24) is 9.88 Å². The summed E-state index contributed by atoms with van der Waals surface area (Å²) in [5.74, 6) is -1.73. The van der Waals surface area contributed by atoms with Gasteiger partial charge < -0.3 is 14.6 Å². The van der Waals surface area contributed by atoms with E-state index in [9.17, 15) is 18.7 Å². The van der Waals surface area contributed by atoms with E-state index in [4.69, 9.17) is 21.1 Å². The third-order valence-corrected chi connectivity index (χ3v) is 7.34. The number of rotatable bonds is 10. The lowest BCUT2D eigenvalue weighted by Crippen LogP contribution is -2.45. The van der Waals surface area contributed by atoms with Crippen molar-refractivity contribution in [3.63, 3.8) is 0 Å². The summed E-state index contributed by atoms with van der Waals surface area (Å²) in [7, 11) is 1.52. The van der Waals surface area contributed by atoms with Crippen molar-refractivity contribution in [2.24, 2.45) is 5.41 Å². The highest BCUT2D eigenvalue weighted by molar-refractivity contribution is 6.32. The molecule has 1 aromatic heterocycles. The van der Waals surface area contributed by atoms with Gasteiger partial charge >= 0.3 is 5.97 Å². The third kappa shape index (κ3) is 6.27. The van der Waals surface area contributed by atoms with Crippen LogP contribution in [0.25, 0.3) is 10.9 Å². The first-order valence-electron chi connectivity index (χ1n) is 12.0. The lowest BCUT2D eigenvalue weighted by atomic mass is 9.74. The highest BCUT2D eigenvalue weighted by atomic mass is 35.5. The number of aliphatic carboxylic acids is 1. The predicted molar refractivity (Wildman–Crippen MR) is 134 cm³/mol. The standard InChI is InChI=1S/C27H28ClF3N2O4/c1-36-19-2-3-24-21(15-19)25(22(28)16-32-24)23(31)4-5-27(26(34)35)6-8-33(9-7-27)10-11-37-20-13-17(29)12-18(30)14-20/h2-3,12-16,23H,4-11H2,1H3,(H,34,35)/t23-/m1/s1. The first-order valence-corrected chi connectivity index (χ1v) is 12.4. The molecule has 1 aliphatic heterocycles. The van der Waals surface area contributed by atoms with E-state index in [1.165, 1.54) is 13.3 Å². The Labute approximate surface area is 218 Å². The number of benzene rings is 2. The Morgan fingerprint density at radius 1 is 1.16 bits per heavy atom. The molecule has 1 aliphatic rings. The summed E-state index contributed by atoms with van der Waals surface area (Å²) in [4.78, 5) is 18.6. The molecule has 0 unspecified atom stereocenters. The second kappa shape index (κ2) is 11.6. The van der Waals surface area contributed by atoms with E-state index < -0.39 is 29.2 Å². The van der Waals surface area contributed by atoms with Gasteiger partial charge in [-0.25, -0.2) is 13.2 Å². The van der Waals surface area contributed by atoms with E-state index in [1.807, 2.05) is 4.90 Å². The maximum Gasteiger partial charge on any atom is 0.309 e. The largest absolute Gasteiger partial charge is 0.497 e. The van der Waals surface area contributed by atoms with Gasteiger partial charge in [-0.05, 0) is 57.0 Å². The molecule has 0 bridgehead atoms. The number of nitrogens with zero attached hydrogens (tertiary/aromatic N) is 2. The number of hydrogen-bond donors (Lipinski definition) is 1. The van der Waals surface area contributed by atoms with Crippen LogP contribution in [0, 0.1) is 17.0 Å². The fourth-order valence-corrected chi connectivity index (χ4v) is 5.11. The number of methoxy groups -OCH3 is 1. The van der Waals surface area contributed by atoms with Gasteiger partial charge in [0.2, 0.25) is 0 Å². The predicted octanol–water partition coefficient (Wildman–Crippen LogP) is 6.21. The number of piperidine rings is 1. The summed E-state index contributed by atoms with van der Waals surface area (Å²) in [6, 6.07) is 8.13. The van der Waals surface area contributed by atoms with Crippen LogP contribution in [0.15, 0.2) is 42.6 Å². The number of halogens is 4. The fourth-order valence-electron chi connectivity index (χ4n) is 4.84. The smallest absolute Gasteiger partial charge is 0.309 e. The number of fused-ring (bicyclic) bond motifs is 1. The summed E-state index contributed by atoms with van der Waals surface area (Å²) < 4.78 is 52.9. The summed E-state index contributed by atoms with van der Waals surface area (Å²) in [5.41, 5.74) is -0.192. The van der Waals surface area contributed by atoms with Gasteiger partial charge in [0.15, 0.2) is 0 Å². The number of carbonyl (C=O) groups is 1. The zero-order valence-electron chi connectivity index (χ0n) is 20.4. The van der Waals surface area contributed by atoms with Crippen LogP contribution >= 0.6 is 11.6 Å². The summed E-state index contributed by atoms with van der Waals surface area (Å²) >= 11 is 6.32. The van der Waals surface area contributed by atoms with E-state index in [2.05, 4.69) is 4.98 Å². The highest BCUT2D eigenvalue weighted by Crippen LogP contribution is 2.42. The van der Waals surface area contributed by atoms with Crippen LogP contribution in [-0.2, 0) is 4.79 Å². The highest BCUT2D eigenvalue weighted by Gasteiger charge is 2.41. The van der Waals surface area contributed by atoms with E-state index in [1.54, 1.807) is 18.2 Å². The molecule has 0 spiro atoms. The molecule has 10 heteroatoms. The minimum atomic E-state index is -1.47. The van der Waals surface area contributed by atoms with Gasteiger partial charge in [-0.2, -0.15) is 0 Å². The average molecular weight is 537 g/mol. The molecule has 1 fully saturated rings. The maximum absolute atomic E-state index is 15.6. The van der Waals surface area contributed by atoms with E-state index in [0.29, 0.717) is 49.1 Å². The van der Waals surface area contributed by atoms with E-state index >= 15 is 4.39 Å². The summed E-state index contributed by atoms with van der Waals surface area (Å²) in [6.45, 7) is 1.65. The van der Waals surface area contributed by atoms with Gasteiger partial charge in [-0.15, -0.1) is 0 Å². The Balaban J connectivity index is 1.37. The molecule has 4 rings (SSSR count). The molecule has 1 saturated heterocycles. The topological polar surface area (TPSA) is 71.9 Å². The number of aromatic nitrogens is 1. The second-order valence-electron chi connectivity index (χ2n) is 9.29. The van der Waals surface area contributed by atoms with Crippen molar-refractivity contribution in [3.8, 4) is 11.5 Å². The zero-order chi connectivity index (χ0) is 26.6. The fraction of sp³-hybridized carbons (Fsp3) is 0.407. The number of ether oxygens (including phenoxy) is 2. The molecule has 0 amide bonds. The van der Waals surface area contributed by atoms with Crippen LogP contribution in [0.2, 0.25) is 5.02 Å². The summed E-state index contributed by atoms with van der Waals surface area (Å²) in [6.07, 6.45) is 0.783. The first kappa shape index (κ1) is 27.0. The van der Waals surface area contributed by atoms with Crippen LogP contribution in [0.1, 0.15) is 37.4 Å². The number of carboxylic acids is 1. The van der Waals surface area contributed by atoms with Crippen LogP contribution in [0.3, 0.4) is 0 Å². The Kier molecular flexibility index (Phi) is 8.44. The number of alkyl halides is 1. The van der Waals surface area contributed by atoms with Crippen LogP contribution < -0.4 is 9.47 Å². The van der Waals surface area contributed by atoms with Gasteiger partial charge in [0.05, 0.1) is 23.1 Å². The van der Waals surface area contributed by atoms with Crippen molar-refractivity contribution in [3.05, 3.63) is 64.8 Å². The normalized spacial score (nSPS) is 16.5. The maximum atomic E-state index is 15.6. The van der Waals surface area contributed by atoms with Gasteiger partial charge in [0.1, 0.15) is 35.9 Å². The Morgan fingerprint density at radius 2 is 1.86 bits per heavy atom. The van der Waals surface area contributed by atoms with Crippen molar-refractivity contribution in [1.29, 1.82) is 0 Å². The molecule has 0 radical (unpaired) electrons. The molecule has 1 atom stereocenters. The second-order valence-corrected chi connectivity index (χ2v) is 9.70. The molecule has 2 heterocycles. The monoisotopic (exact) mass is 536 g/mol. The molecule has 6 nitrogen and oxygen atoms in total. The molecule has 2 aromatic carbocycles. The minimum absolute atomic E-state index is 0.00338. The van der Waals surface area contributed by atoms with Crippen LogP contribution in [0.5, 0.6) is 11.5 Å². The number of likely N-dealkylation sites (tertiary alicyclic amines) is 1. The van der Waals surface area contributed by atoms with Crippen molar-refractivity contribution in [2.75, 3.05) is 33.4 Å². The van der Waals surface area contributed by atoms with Crippen molar-refractivity contribution >= 4 is 28.5 Å². The molecule has 198 valence electrons. The molecule has 0 saturated carbocycles. The molecular weight excluding hydrogens is 509 g/mol. The van der Waals surface area contributed by atoms with Crippen LogP contribution in [0.4, 0.5) is 13.2 Å². The van der Waals surface area contributed by atoms with Gasteiger partial charge in [-0.3, -0.25) is 14.7 Å². The molecule has 37 heavy (non-hydrogen) atoms. The minimum Gasteiger partial charge on any atom is -0.497 e. The molecule has 0 aliphatic carbocycles. The molecule has 3 aromatic rings. The van der Waals surface area contributed by atoms with E-state index in [-0.39, 0.29) is 35.8 Å². The quantitative estimate of drug-likeness (QED) is 0.332. The number of carboxylic acid groups (broad SMARTS) is 1. The molecule has 1 N–H and O–H groups in total. The molecular formula is C27H28ClF3N2O4. The Morgan fingerprint density at radius 3 is 2.51 bits per heavy atom. The lowest BCUT2D eigenvalue weighted by molar-refractivity contribution is -0.153.